The maximum absolute atomic E-state index is 4.66. The number of fused-ring (bicyclic) bond motifs is 1. The fourth-order valence-corrected chi connectivity index (χ4v) is 4.11. The maximum atomic E-state index is 4.66. The van der Waals surface area contributed by atoms with Gasteiger partial charge in [0.2, 0.25) is 0 Å². The van der Waals surface area contributed by atoms with Crippen LogP contribution in [0.2, 0.25) is 0 Å². The van der Waals surface area contributed by atoms with Crippen LogP contribution in [0.1, 0.15) is 0 Å². The molecule has 0 N–H and O–H groups in total. The molecule has 0 saturated carbocycles. The van der Waals surface area contributed by atoms with E-state index in [2.05, 4.69) is 46.1 Å². The van der Waals surface area contributed by atoms with Crippen molar-refractivity contribution in [3.8, 4) is 0 Å². The molecule has 1 aliphatic heterocycles. The van der Waals surface area contributed by atoms with Crippen molar-refractivity contribution in [2.75, 3.05) is 39.1 Å². The Balaban J connectivity index is 1.59. The van der Waals surface area contributed by atoms with Crippen molar-refractivity contribution in [1.29, 1.82) is 0 Å². The SMILES string of the molecule is CN1CCN(CSc2nc3ccccc3s2)CC1. The van der Waals surface area contributed by atoms with Gasteiger partial charge in [0.25, 0.3) is 0 Å². The van der Waals surface area contributed by atoms with E-state index in [4.69, 9.17) is 0 Å². The van der Waals surface area contributed by atoms with Gasteiger partial charge in [0.1, 0.15) is 0 Å². The summed E-state index contributed by atoms with van der Waals surface area (Å²) in [5.41, 5.74) is 1.13. The Labute approximate surface area is 116 Å². The molecular formula is C13H17N3S2. The van der Waals surface area contributed by atoms with Gasteiger partial charge in [-0.05, 0) is 19.2 Å². The minimum atomic E-state index is 1.06. The molecule has 0 atom stereocenters. The predicted octanol–water partition coefficient (Wildman–Crippen LogP) is 2.59. The van der Waals surface area contributed by atoms with Crippen molar-refractivity contribution < 1.29 is 0 Å². The molecule has 96 valence electrons. The number of benzene rings is 1. The van der Waals surface area contributed by atoms with E-state index in [1.165, 1.54) is 35.2 Å². The van der Waals surface area contributed by atoms with E-state index in [-0.39, 0.29) is 0 Å². The van der Waals surface area contributed by atoms with Crippen LogP contribution in [0, 0.1) is 0 Å². The first kappa shape index (κ1) is 12.4. The zero-order valence-electron chi connectivity index (χ0n) is 10.5. The highest BCUT2D eigenvalue weighted by Crippen LogP contribution is 2.29. The number of piperazine rings is 1. The van der Waals surface area contributed by atoms with Crippen LogP contribution in [0.15, 0.2) is 28.6 Å². The number of likely N-dealkylation sites (N-methyl/N-ethyl adjacent to an activating group) is 1. The molecular weight excluding hydrogens is 262 g/mol. The van der Waals surface area contributed by atoms with Crippen LogP contribution in [0.4, 0.5) is 0 Å². The van der Waals surface area contributed by atoms with Crippen LogP contribution in [0.5, 0.6) is 0 Å². The molecule has 1 aliphatic rings. The van der Waals surface area contributed by atoms with Crippen molar-refractivity contribution in [2.24, 2.45) is 0 Å². The summed E-state index contributed by atoms with van der Waals surface area (Å²) in [7, 11) is 2.19. The monoisotopic (exact) mass is 279 g/mol. The summed E-state index contributed by atoms with van der Waals surface area (Å²) in [5.74, 6) is 1.06. The number of thioether (sulfide) groups is 1. The van der Waals surface area contributed by atoms with Gasteiger partial charge in [-0.15, -0.1) is 11.3 Å². The highest BCUT2D eigenvalue weighted by Gasteiger charge is 2.14. The largest absolute Gasteiger partial charge is 0.304 e. The number of hydrogen-bond acceptors (Lipinski definition) is 5. The quantitative estimate of drug-likeness (QED) is 0.804. The van der Waals surface area contributed by atoms with Crippen molar-refractivity contribution >= 4 is 33.3 Å². The van der Waals surface area contributed by atoms with E-state index in [1.54, 1.807) is 11.3 Å². The summed E-state index contributed by atoms with van der Waals surface area (Å²) in [6, 6.07) is 8.37. The Morgan fingerprint density at radius 2 is 2.00 bits per heavy atom. The first-order valence-corrected chi connectivity index (χ1v) is 8.01. The number of para-hydroxylation sites is 1. The first-order chi connectivity index (χ1) is 8.81. The molecule has 1 saturated heterocycles. The molecule has 0 amide bonds. The van der Waals surface area contributed by atoms with E-state index in [9.17, 15) is 0 Å². The molecule has 3 rings (SSSR count). The van der Waals surface area contributed by atoms with E-state index in [0.29, 0.717) is 0 Å². The molecule has 3 nitrogen and oxygen atoms in total. The normalized spacial score (nSPS) is 18.5. The molecule has 0 spiro atoms. The van der Waals surface area contributed by atoms with Crippen LogP contribution >= 0.6 is 23.1 Å². The summed E-state index contributed by atoms with van der Waals surface area (Å²) in [6.07, 6.45) is 0. The zero-order valence-corrected chi connectivity index (χ0v) is 12.1. The third-order valence-electron chi connectivity index (χ3n) is 3.24. The van der Waals surface area contributed by atoms with Gasteiger partial charge in [0.05, 0.1) is 16.1 Å². The number of aromatic nitrogens is 1. The van der Waals surface area contributed by atoms with Gasteiger partial charge >= 0.3 is 0 Å². The lowest BCUT2D eigenvalue weighted by Crippen LogP contribution is -2.44. The van der Waals surface area contributed by atoms with Crippen LogP contribution in [0.25, 0.3) is 10.2 Å². The van der Waals surface area contributed by atoms with Crippen molar-refractivity contribution in [3.63, 3.8) is 0 Å². The molecule has 18 heavy (non-hydrogen) atoms. The molecule has 0 unspecified atom stereocenters. The molecule has 0 aliphatic carbocycles. The first-order valence-electron chi connectivity index (χ1n) is 6.20. The Kier molecular flexibility index (Phi) is 3.84. The molecule has 0 radical (unpaired) electrons. The van der Waals surface area contributed by atoms with Gasteiger partial charge in [0.15, 0.2) is 4.34 Å². The minimum absolute atomic E-state index is 1.06. The van der Waals surface area contributed by atoms with E-state index >= 15 is 0 Å². The minimum Gasteiger partial charge on any atom is -0.304 e. The number of nitrogens with zero attached hydrogens (tertiary/aromatic N) is 3. The summed E-state index contributed by atoms with van der Waals surface area (Å²) in [6.45, 7) is 4.71. The van der Waals surface area contributed by atoms with Crippen LogP contribution in [-0.2, 0) is 0 Å². The number of hydrogen-bond donors (Lipinski definition) is 0. The second-order valence-corrected chi connectivity index (χ2v) is 6.86. The van der Waals surface area contributed by atoms with Gasteiger partial charge in [0, 0.05) is 26.2 Å². The van der Waals surface area contributed by atoms with Gasteiger partial charge in [-0.1, -0.05) is 23.9 Å². The maximum Gasteiger partial charge on any atom is 0.152 e. The predicted molar refractivity (Wildman–Crippen MR) is 79.4 cm³/mol. The summed E-state index contributed by atoms with van der Waals surface area (Å²) < 4.78 is 2.48. The standard InChI is InChI=1S/C13H17N3S2/c1-15-6-8-16(9-7-15)10-17-13-14-11-4-2-3-5-12(11)18-13/h2-5H,6-10H2,1H3. The Bertz CT molecular complexity index is 485. The average Bonchev–Trinajstić information content (AvgIpc) is 2.81. The molecule has 1 aromatic heterocycles. The van der Waals surface area contributed by atoms with Crippen molar-refractivity contribution in [3.05, 3.63) is 24.3 Å². The molecule has 5 heteroatoms. The highest BCUT2D eigenvalue weighted by molar-refractivity contribution is 8.01. The highest BCUT2D eigenvalue weighted by atomic mass is 32.2. The van der Waals surface area contributed by atoms with Gasteiger partial charge in [-0.25, -0.2) is 4.98 Å². The van der Waals surface area contributed by atoms with Crippen LogP contribution < -0.4 is 0 Å². The summed E-state index contributed by atoms with van der Waals surface area (Å²) >= 11 is 3.67. The summed E-state index contributed by atoms with van der Waals surface area (Å²) in [5, 5.41) is 0. The molecule has 1 fully saturated rings. The topological polar surface area (TPSA) is 19.4 Å². The van der Waals surface area contributed by atoms with E-state index < -0.39 is 0 Å². The lowest BCUT2D eigenvalue weighted by Gasteiger charge is -2.31. The van der Waals surface area contributed by atoms with Crippen molar-refractivity contribution in [1.82, 2.24) is 14.8 Å². The summed E-state index contributed by atoms with van der Waals surface area (Å²) in [4.78, 5) is 9.55. The van der Waals surface area contributed by atoms with Gasteiger partial charge in [-0.3, -0.25) is 4.90 Å². The Morgan fingerprint density at radius 3 is 2.78 bits per heavy atom. The van der Waals surface area contributed by atoms with Gasteiger partial charge < -0.3 is 4.90 Å². The van der Waals surface area contributed by atoms with E-state index in [1.807, 2.05) is 11.8 Å². The lowest BCUT2D eigenvalue weighted by atomic mass is 10.3. The van der Waals surface area contributed by atoms with Crippen molar-refractivity contribution in [2.45, 2.75) is 4.34 Å². The fourth-order valence-electron chi connectivity index (χ4n) is 2.04. The molecule has 2 heterocycles. The second kappa shape index (κ2) is 5.57. The third-order valence-corrected chi connectivity index (χ3v) is 5.51. The number of rotatable bonds is 3. The van der Waals surface area contributed by atoms with Crippen LogP contribution in [0.3, 0.4) is 0 Å². The molecule has 0 bridgehead atoms. The average molecular weight is 279 g/mol. The molecule has 2 aromatic rings. The fraction of sp³-hybridized carbons (Fsp3) is 0.462. The Hall–Kier alpha value is -0.620. The number of thiazole rings is 1. The molecule has 1 aromatic carbocycles. The van der Waals surface area contributed by atoms with E-state index in [0.717, 1.165) is 11.4 Å². The smallest absolute Gasteiger partial charge is 0.152 e. The van der Waals surface area contributed by atoms with Crippen LogP contribution in [-0.4, -0.2) is 53.9 Å². The zero-order chi connectivity index (χ0) is 12.4. The van der Waals surface area contributed by atoms with Gasteiger partial charge in [-0.2, -0.15) is 0 Å². The second-order valence-electron chi connectivity index (χ2n) is 4.64. The Morgan fingerprint density at radius 1 is 1.22 bits per heavy atom. The third kappa shape index (κ3) is 2.85. The lowest BCUT2D eigenvalue weighted by molar-refractivity contribution is 0.175.